The van der Waals surface area contributed by atoms with Crippen molar-refractivity contribution < 1.29 is 33.4 Å². The number of hydrogen-bond donors (Lipinski definition) is 2. The highest BCUT2D eigenvalue weighted by Gasteiger charge is 2.47. The van der Waals surface area contributed by atoms with E-state index in [2.05, 4.69) is 48.7 Å². The Hall–Kier alpha value is -5.59. The number of rotatable bonds is 10. The molecule has 3 fully saturated rings. The summed E-state index contributed by atoms with van der Waals surface area (Å²) >= 11 is 0. The van der Waals surface area contributed by atoms with Gasteiger partial charge in [-0.25, -0.2) is 0 Å². The Morgan fingerprint density at radius 2 is 1.58 bits per heavy atom. The Morgan fingerprint density at radius 1 is 0.868 bits per heavy atom. The summed E-state index contributed by atoms with van der Waals surface area (Å²) in [6.07, 6.45) is 0.0469. The second kappa shape index (κ2) is 14.1. The van der Waals surface area contributed by atoms with Crippen LogP contribution in [0.1, 0.15) is 76.0 Å². The van der Waals surface area contributed by atoms with Crippen LogP contribution in [0.4, 0.5) is 5.69 Å². The second-order valence-electron chi connectivity index (χ2n) is 14.4. The summed E-state index contributed by atoms with van der Waals surface area (Å²) in [6.45, 7) is 8.10. The Morgan fingerprint density at radius 3 is 2.28 bits per heavy atom. The van der Waals surface area contributed by atoms with Crippen LogP contribution < -0.4 is 25.0 Å². The number of carbonyl (C=O) groups is 4. The Balaban J connectivity index is 0.858. The van der Waals surface area contributed by atoms with Crippen LogP contribution in [0.3, 0.4) is 0 Å². The first-order valence-corrected chi connectivity index (χ1v) is 18.0. The lowest BCUT2D eigenvalue weighted by atomic mass is 9.78. The number of nitrogens with one attached hydrogen (secondary N) is 2. The highest BCUT2D eigenvalue weighted by molar-refractivity contribution is 6.25. The Labute approximate surface area is 307 Å². The standard InChI is InChI=1S/C41H41N5O7/c1-41(2,25-9-13-28(14-10-25)52-24-27-5-3-7-32(43-27)35-21-42-19-20-51-35)26-11-15-29(16-12-26)53-30-22-45(23-30)33-8-4-6-31-37(33)40(50)46(39(31)49)34-17-18-36(47)44-38(34)48/h3-16,30,34-35,42H,17-24H2,1-2H3,(H,44,47,48). The quantitative estimate of drug-likeness (QED) is 0.229. The maximum atomic E-state index is 13.5. The molecular formula is C41H41N5O7. The van der Waals surface area contributed by atoms with Crippen molar-refractivity contribution in [2.45, 2.75) is 57.0 Å². The number of hydrogen-bond acceptors (Lipinski definition) is 10. The molecule has 12 nitrogen and oxygen atoms in total. The van der Waals surface area contributed by atoms with Gasteiger partial charge in [0.25, 0.3) is 11.8 Å². The topological polar surface area (TPSA) is 139 Å². The molecule has 4 amide bonds. The number of nitrogens with zero attached hydrogens (tertiary/aromatic N) is 3. The largest absolute Gasteiger partial charge is 0.487 e. The molecule has 4 aromatic rings. The Bertz CT molecular complexity index is 2050. The first kappa shape index (κ1) is 34.5. The van der Waals surface area contributed by atoms with E-state index >= 15 is 0 Å². The number of anilines is 1. The number of pyridine rings is 1. The van der Waals surface area contributed by atoms with E-state index in [-0.39, 0.29) is 41.6 Å². The van der Waals surface area contributed by atoms with Gasteiger partial charge in [-0.3, -0.25) is 34.4 Å². The van der Waals surface area contributed by atoms with E-state index in [4.69, 9.17) is 19.2 Å². The minimum absolute atomic E-state index is 0.0414. The number of fused-ring (bicyclic) bond motifs is 1. The molecule has 2 atom stereocenters. The molecule has 0 bridgehead atoms. The fourth-order valence-corrected chi connectivity index (χ4v) is 7.42. The average Bonchev–Trinajstić information content (AvgIpc) is 3.42. The molecule has 3 saturated heterocycles. The van der Waals surface area contributed by atoms with E-state index in [0.29, 0.717) is 32.0 Å². The molecule has 12 heteroatoms. The number of imide groups is 2. The monoisotopic (exact) mass is 715 g/mol. The molecule has 0 radical (unpaired) electrons. The number of morpholine rings is 1. The molecule has 2 N–H and O–H groups in total. The zero-order valence-electron chi connectivity index (χ0n) is 29.7. The molecule has 0 aliphatic carbocycles. The van der Waals surface area contributed by atoms with Crippen molar-refractivity contribution in [1.29, 1.82) is 0 Å². The number of piperidine rings is 1. The van der Waals surface area contributed by atoms with Gasteiger partial charge < -0.3 is 24.4 Å². The molecule has 8 rings (SSSR count). The predicted octanol–water partition coefficient (Wildman–Crippen LogP) is 4.32. The molecule has 272 valence electrons. The SMILES string of the molecule is CC(C)(c1ccc(OCc2cccc(C3CNCCO3)n2)cc1)c1ccc(OC2CN(c3cccc4c3C(=O)N(C3CCC(=O)NC3=O)C4=O)C2)cc1. The van der Waals surface area contributed by atoms with Crippen LogP contribution in [0.15, 0.2) is 84.9 Å². The van der Waals surface area contributed by atoms with Crippen molar-refractivity contribution in [2.75, 3.05) is 37.7 Å². The number of aromatic nitrogens is 1. The van der Waals surface area contributed by atoms with Gasteiger partial charge in [0.1, 0.15) is 36.4 Å². The zero-order valence-corrected chi connectivity index (χ0v) is 29.7. The van der Waals surface area contributed by atoms with Crippen LogP contribution in [0.25, 0.3) is 0 Å². The summed E-state index contributed by atoms with van der Waals surface area (Å²) in [5.74, 6) is -0.534. The maximum Gasteiger partial charge on any atom is 0.264 e. The molecule has 5 heterocycles. The van der Waals surface area contributed by atoms with Gasteiger partial charge in [-0.2, -0.15) is 0 Å². The summed E-state index contributed by atoms with van der Waals surface area (Å²) in [6, 6.07) is 26.4. The molecular weight excluding hydrogens is 674 g/mol. The third-order valence-corrected chi connectivity index (χ3v) is 10.6. The lowest BCUT2D eigenvalue weighted by Crippen LogP contribution is -2.55. The summed E-state index contributed by atoms with van der Waals surface area (Å²) in [7, 11) is 0. The predicted molar refractivity (Wildman–Crippen MR) is 195 cm³/mol. The van der Waals surface area contributed by atoms with E-state index in [0.717, 1.165) is 52.0 Å². The van der Waals surface area contributed by atoms with Gasteiger partial charge in [0.15, 0.2) is 0 Å². The van der Waals surface area contributed by atoms with Crippen molar-refractivity contribution in [2.24, 2.45) is 0 Å². The summed E-state index contributed by atoms with van der Waals surface area (Å²) in [5.41, 5.74) is 4.97. The smallest absolute Gasteiger partial charge is 0.264 e. The van der Waals surface area contributed by atoms with Crippen LogP contribution in [0.5, 0.6) is 11.5 Å². The van der Waals surface area contributed by atoms with E-state index in [9.17, 15) is 19.2 Å². The van der Waals surface area contributed by atoms with Crippen molar-refractivity contribution in [3.63, 3.8) is 0 Å². The van der Waals surface area contributed by atoms with E-state index in [1.54, 1.807) is 12.1 Å². The highest BCUT2D eigenvalue weighted by Crippen LogP contribution is 2.37. The van der Waals surface area contributed by atoms with Crippen LogP contribution in [-0.4, -0.2) is 78.4 Å². The normalized spacial score (nSPS) is 20.6. The molecule has 1 aromatic heterocycles. The van der Waals surface area contributed by atoms with E-state index < -0.39 is 29.7 Å². The van der Waals surface area contributed by atoms with Gasteiger partial charge in [-0.15, -0.1) is 0 Å². The molecule has 0 saturated carbocycles. The lowest BCUT2D eigenvalue weighted by Gasteiger charge is -2.41. The molecule has 4 aliphatic rings. The summed E-state index contributed by atoms with van der Waals surface area (Å²) < 4.78 is 18.2. The van der Waals surface area contributed by atoms with Crippen LogP contribution in [0.2, 0.25) is 0 Å². The van der Waals surface area contributed by atoms with Gasteiger partial charge in [0.05, 0.1) is 47.9 Å². The van der Waals surface area contributed by atoms with Gasteiger partial charge >= 0.3 is 0 Å². The van der Waals surface area contributed by atoms with Crippen LogP contribution in [-0.2, 0) is 26.3 Å². The third kappa shape index (κ3) is 6.75. The van der Waals surface area contributed by atoms with Gasteiger partial charge in [0, 0.05) is 24.9 Å². The number of carbonyl (C=O) groups excluding carboxylic acids is 4. The average molecular weight is 716 g/mol. The minimum Gasteiger partial charge on any atom is -0.487 e. The first-order valence-electron chi connectivity index (χ1n) is 18.0. The molecule has 0 spiro atoms. The highest BCUT2D eigenvalue weighted by atomic mass is 16.5. The van der Waals surface area contributed by atoms with E-state index in [1.807, 2.05) is 53.4 Å². The van der Waals surface area contributed by atoms with Crippen molar-refractivity contribution in [3.05, 3.63) is 119 Å². The van der Waals surface area contributed by atoms with Crippen molar-refractivity contribution in [1.82, 2.24) is 20.5 Å². The van der Waals surface area contributed by atoms with Crippen molar-refractivity contribution in [3.8, 4) is 11.5 Å². The van der Waals surface area contributed by atoms with Gasteiger partial charge in [-0.05, 0) is 66.1 Å². The summed E-state index contributed by atoms with van der Waals surface area (Å²) in [5, 5.41) is 5.58. The second-order valence-corrected chi connectivity index (χ2v) is 14.4. The molecule has 4 aliphatic heterocycles. The zero-order chi connectivity index (χ0) is 36.7. The molecule has 2 unspecified atom stereocenters. The number of benzene rings is 3. The molecule has 3 aromatic carbocycles. The maximum absolute atomic E-state index is 13.5. The van der Waals surface area contributed by atoms with Gasteiger partial charge in [0.2, 0.25) is 11.8 Å². The van der Waals surface area contributed by atoms with Crippen molar-refractivity contribution >= 4 is 29.3 Å². The number of amides is 4. The number of ether oxygens (including phenoxy) is 3. The summed E-state index contributed by atoms with van der Waals surface area (Å²) in [4.78, 5) is 58.6. The fourth-order valence-electron chi connectivity index (χ4n) is 7.42. The minimum atomic E-state index is -1.00. The van der Waals surface area contributed by atoms with Gasteiger partial charge in [-0.1, -0.05) is 50.2 Å². The van der Waals surface area contributed by atoms with Crippen LogP contribution >= 0.6 is 0 Å². The fraction of sp³-hybridized carbons (Fsp3) is 0.341. The third-order valence-electron chi connectivity index (χ3n) is 10.6. The van der Waals surface area contributed by atoms with Crippen LogP contribution in [0, 0.1) is 0 Å². The van der Waals surface area contributed by atoms with E-state index in [1.165, 1.54) is 0 Å². The molecule has 53 heavy (non-hydrogen) atoms. The lowest BCUT2D eigenvalue weighted by molar-refractivity contribution is -0.136. The Kier molecular flexibility index (Phi) is 9.17. The first-order chi connectivity index (χ1) is 25.7.